The van der Waals surface area contributed by atoms with Crippen LogP contribution in [0.25, 0.3) is 0 Å². The van der Waals surface area contributed by atoms with Gasteiger partial charge in [-0.2, -0.15) is 0 Å². The van der Waals surface area contributed by atoms with Crippen molar-refractivity contribution in [1.29, 1.82) is 0 Å². The van der Waals surface area contributed by atoms with Crippen LogP contribution in [0.4, 0.5) is 5.69 Å². The van der Waals surface area contributed by atoms with E-state index >= 15 is 0 Å². The zero-order chi connectivity index (χ0) is 9.35. The molecular formula is C7H10NO3P. The van der Waals surface area contributed by atoms with E-state index in [9.17, 15) is 4.57 Å². The van der Waals surface area contributed by atoms with Gasteiger partial charge < -0.3 is 15.5 Å². The topological polar surface area (TPSA) is 83.6 Å². The van der Waals surface area contributed by atoms with Gasteiger partial charge in [0.15, 0.2) is 0 Å². The molecule has 0 bridgehead atoms. The summed E-state index contributed by atoms with van der Waals surface area (Å²) in [6, 6.07) is 4.51. The van der Waals surface area contributed by atoms with Gasteiger partial charge in [-0.05, 0) is 24.6 Å². The van der Waals surface area contributed by atoms with Crippen molar-refractivity contribution in [3.05, 3.63) is 23.8 Å². The van der Waals surface area contributed by atoms with Crippen molar-refractivity contribution in [2.75, 3.05) is 5.73 Å². The highest BCUT2D eigenvalue weighted by molar-refractivity contribution is 7.60. The fraction of sp³-hybridized carbons (Fsp3) is 0.143. The molecular weight excluding hydrogens is 177 g/mol. The molecule has 1 rings (SSSR count). The Hall–Kier alpha value is -0.830. The second kappa shape index (κ2) is 2.90. The van der Waals surface area contributed by atoms with Crippen molar-refractivity contribution in [3.8, 4) is 0 Å². The van der Waals surface area contributed by atoms with Crippen molar-refractivity contribution in [3.63, 3.8) is 0 Å². The molecule has 0 radical (unpaired) electrons. The van der Waals surface area contributed by atoms with Gasteiger partial charge in [0.25, 0.3) is 0 Å². The van der Waals surface area contributed by atoms with Crippen LogP contribution < -0.4 is 11.0 Å². The first-order chi connectivity index (χ1) is 5.43. The Morgan fingerprint density at radius 2 is 2.00 bits per heavy atom. The molecule has 4 N–H and O–H groups in total. The molecule has 4 nitrogen and oxygen atoms in total. The van der Waals surface area contributed by atoms with Crippen molar-refractivity contribution >= 4 is 18.6 Å². The highest BCUT2D eigenvalue weighted by atomic mass is 31.2. The summed E-state index contributed by atoms with van der Waals surface area (Å²) >= 11 is 0. The third kappa shape index (κ3) is 1.67. The number of hydrogen-bond acceptors (Lipinski definition) is 2. The Balaban J connectivity index is 3.36. The van der Waals surface area contributed by atoms with E-state index in [4.69, 9.17) is 15.5 Å². The summed E-state index contributed by atoms with van der Waals surface area (Å²) < 4.78 is 10.8. The van der Waals surface area contributed by atoms with Gasteiger partial charge in [0.1, 0.15) is 0 Å². The summed E-state index contributed by atoms with van der Waals surface area (Å²) in [6.45, 7) is 1.59. The molecule has 0 aliphatic carbocycles. The number of benzene rings is 1. The van der Waals surface area contributed by atoms with Gasteiger partial charge in [-0.3, -0.25) is 4.57 Å². The molecule has 0 unspecified atom stereocenters. The lowest BCUT2D eigenvalue weighted by molar-refractivity contribution is 0.387. The molecule has 1 aromatic carbocycles. The first kappa shape index (κ1) is 9.26. The Kier molecular flexibility index (Phi) is 2.24. The first-order valence-corrected chi connectivity index (χ1v) is 4.95. The number of nitrogens with two attached hydrogens (primary N) is 1. The Morgan fingerprint density at radius 1 is 1.42 bits per heavy atom. The molecule has 1 aromatic rings. The molecule has 12 heavy (non-hydrogen) atoms. The molecule has 0 saturated carbocycles. The Morgan fingerprint density at radius 3 is 2.42 bits per heavy atom. The molecule has 0 saturated heterocycles. The number of hydrogen-bond donors (Lipinski definition) is 3. The fourth-order valence-corrected chi connectivity index (χ4v) is 1.80. The standard InChI is InChI=1S/C7H10NO3P/c1-5-6(8)3-2-4-7(5)12(9,10)11/h2-4H,8H2,1H3,(H2,9,10,11). The van der Waals surface area contributed by atoms with Gasteiger partial charge in [0, 0.05) is 5.69 Å². The summed E-state index contributed by atoms with van der Waals surface area (Å²) in [4.78, 5) is 17.7. The minimum atomic E-state index is -4.16. The number of nitrogen functional groups attached to an aromatic ring is 1. The third-order valence-corrected chi connectivity index (χ3v) is 2.77. The van der Waals surface area contributed by atoms with E-state index in [1.807, 2.05) is 0 Å². The maximum atomic E-state index is 10.8. The van der Waals surface area contributed by atoms with Crippen molar-refractivity contribution in [2.45, 2.75) is 6.92 Å². The van der Waals surface area contributed by atoms with Crippen LogP contribution in [-0.4, -0.2) is 9.79 Å². The van der Waals surface area contributed by atoms with Gasteiger partial charge in [-0.15, -0.1) is 0 Å². The van der Waals surface area contributed by atoms with Gasteiger partial charge in [-0.25, -0.2) is 0 Å². The molecule has 5 heteroatoms. The first-order valence-electron chi connectivity index (χ1n) is 3.34. The van der Waals surface area contributed by atoms with Crippen LogP contribution in [0, 0.1) is 6.92 Å². The molecule has 0 amide bonds. The molecule has 0 fully saturated rings. The van der Waals surface area contributed by atoms with E-state index in [1.54, 1.807) is 13.0 Å². The molecule has 0 atom stereocenters. The van der Waals surface area contributed by atoms with E-state index in [0.717, 1.165) is 0 Å². The maximum Gasteiger partial charge on any atom is 0.356 e. The summed E-state index contributed by atoms with van der Waals surface area (Å²) in [5, 5.41) is 0.00231. The van der Waals surface area contributed by atoms with Gasteiger partial charge in [0.05, 0.1) is 5.30 Å². The molecule has 0 heterocycles. The summed E-state index contributed by atoms with van der Waals surface area (Å²) in [6.07, 6.45) is 0. The second-order valence-corrected chi connectivity index (χ2v) is 4.11. The molecule has 0 aromatic heterocycles. The summed E-state index contributed by atoms with van der Waals surface area (Å²) in [5.41, 5.74) is 6.32. The zero-order valence-corrected chi connectivity index (χ0v) is 7.45. The van der Waals surface area contributed by atoms with Crippen LogP contribution in [0.15, 0.2) is 18.2 Å². The Bertz CT molecular complexity index is 345. The van der Waals surface area contributed by atoms with E-state index < -0.39 is 7.60 Å². The predicted molar refractivity (Wildman–Crippen MR) is 47.3 cm³/mol. The van der Waals surface area contributed by atoms with E-state index in [2.05, 4.69) is 0 Å². The SMILES string of the molecule is Cc1c(N)cccc1P(=O)(O)O. The molecule has 0 spiro atoms. The minimum absolute atomic E-state index is 0.00231. The lowest BCUT2D eigenvalue weighted by Crippen LogP contribution is -2.10. The van der Waals surface area contributed by atoms with Crippen molar-refractivity contribution in [1.82, 2.24) is 0 Å². The van der Waals surface area contributed by atoms with Gasteiger partial charge in [-0.1, -0.05) is 6.07 Å². The van der Waals surface area contributed by atoms with Crippen LogP contribution in [0.3, 0.4) is 0 Å². The molecule has 0 aliphatic heterocycles. The number of rotatable bonds is 1. The normalized spacial score (nSPS) is 11.6. The summed E-state index contributed by atoms with van der Waals surface area (Å²) in [5.74, 6) is 0. The predicted octanol–water partition coefficient (Wildman–Crippen LogP) is 0.380. The highest BCUT2D eigenvalue weighted by Gasteiger charge is 2.19. The molecule has 66 valence electrons. The van der Waals surface area contributed by atoms with Crippen LogP contribution >= 0.6 is 7.60 Å². The second-order valence-electron chi connectivity index (χ2n) is 2.54. The Labute approximate surface area is 70.2 Å². The lowest BCUT2D eigenvalue weighted by Gasteiger charge is -2.08. The monoisotopic (exact) mass is 187 g/mol. The highest BCUT2D eigenvalue weighted by Crippen LogP contribution is 2.35. The van der Waals surface area contributed by atoms with Crippen molar-refractivity contribution < 1.29 is 14.4 Å². The largest absolute Gasteiger partial charge is 0.398 e. The van der Waals surface area contributed by atoms with E-state index in [-0.39, 0.29) is 5.30 Å². The van der Waals surface area contributed by atoms with Crippen LogP contribution in [0.2, 0.25) is 0 Å². The maximum absolute atomic E-state index is 10.8. The quantitative estimate of drug-likeness (QED) is 0.438. The smallest absolute Gasteiger partial charge is 0.356 e. The zero-order valence-electron chi connectivity index (χ0n) is 6.56. The van der Waals surface area contributed by atoms with Crippen LogP contribution in [0.1, 0.15) is 5.56 Å². The third-order valence-electron chi connectivity index (χ3n) is 1.66. The average Bonchev–Trinajstić information content (AvgIpc) is 1.92. The number of anilines is 1. The average molecular weight is 187 g/mol. The fourth-order valence-electron chi connectivity index (χ4n) is 0.956. The van der Waals surface area contributed by atoms with Crippen LogP contribution in [-0.2, 0) is 4.57 Å². The van der Waals surface area contributed by atoms with Gasteiger partial charge in [0.2, 0.25) is 0 Å². The van der Waals surface area contributed by atoms with Gasteiger partial charge >= 0.3 is 7.60 Å². The van der Waals surface area contributed by atoms with Crippen LogP contribution in [0.5, 0.6) is 0 Å². The molecule has 0 aliphatic rings. The van der Waals surface area contributed by atoms with Crippen molar-refractivity contribution in [2.24, 2.45) is 0 Å². The minimum Gasteiger partial charge on any atom is -0.398 e. The van der Waals surface area contributed by atoms with E-state index in [0.29, 0.717) is 11.3 Å². The summed E-state index contributed by atoms with van der Waals surface area (Å²) in [7, 11) is -4.16. The lowest BCUT2D eigenvalue weighted by atomic mass is 10.2. The van der Waals surface area contributed by atoms with E-state index in [1.165, 1.54) is 12.1 Å².